The van der Waals surface area contributed by atoms with Crippen LogP contribution in [0.2, 0.25) is 5.02 Å². The van der Waals surface area contributed by atoms with Crippen LogP contribution in [0.25, 0.3) is 0 Å². The molecule has 1 atom stereocenters. The smallest absolute Gasteiger partial charge is 0.0931 e. The van der Waals surface area contributed by atoms with Crippen LogP contribution in [-0.2, 0) is 13.6 Å². The molecule has 0 radical (unpaired) electrons. The molecule has 0 aliphatic carbocycles. The summed E-state index contributed by atoms with van der Waals surface area (Å²) >= 11 is 6.12. The van der Waals surface area contributed by atoms with Crippen LogP contribution >= 0.6 is 11.6 Å². The molecule has 1 N–H and O–H groups in total. The molecule has 1 aromatic heterocycles. The molecular formula is C15H20ClN3O. The molecule has 0 aliphatic rings. The summed E-state index contributed by atoms with van der Waals surface area (Å²) in [6, 6.07) is 7.43. The number of hydrogen-bond donors (Lipinski definition) is 1. The molecule has 0 fully saturated rings. The van der Waals surface area contributed by atoms with Crippen molar-refractivity contribution in [1.82, 2.24) is 14.7 Å². The van der Waals surface area contributed by atoms with Gasteiger partial charge in [-0.1, -0.05) is 36.7 Å². The number of likely N-dealkylation sites (N-methyl/N-ethyl adjacent to an activating group) is 1. The highest BCUT2D eigenvalue weighted by Crippen LogP contribution is 2.23. The van der Waals surface area contributed by atoms with Crippen LogP contribution < -0.4 is 0 Å². The van der Waals surface area contributed by atoms with E-state index in [0.717, 1.165) is 24.2 Å². The zero-order chi connectivity index (χ0) is 14.5. The maximum Gasteiger partial charge on any atom is 0.0931 e. The Balaban J connectivity index is 2.01. The number of aryl methyl sites for hydroxylation is 1. The second-order valence-corrected chi connectivity index (χ2v) is 5.29. The molecular weight excluding hydrogens is 274 g/mol. The van der Waals surface area contributed by atoms with Crippen molar-refractivity contribution in [2.75, 3.05) is 13.1 Å². The van der Waals surface area contributed by atoms with Crippen LogP contribution in [0, 0.1) is 0 Å². The largest absolute Gasteiger partial charge is 0.387 e. The van der Waals surface area contributed by atoms with E-state index in [1.165, 1.54) is 0 Å². The second-order valence-electron chi connectivity index (χ2n) is 4.89. The first-order valence-electron chi connectivity index (χ1n) is 6.72. The zero-order valence-corrected chi connectivity index (χ0v) is 12.6. The number of rotatable bonds is 6. The standard InChI is InChI=1S/C15H20ClN3O/c1-3-19(10-12-8-17-18(2)9-12)11-15(20)13-6-4-5-7-14(13)16/h4-9,15,20H,3,10-11H2,1-2H3. The van der Waals surface area contributed by atoms with Crippen molar-refractivity contribution in [2.24, 2.45) is 7.05 Å². The van der Waals surface area contributed by atoms with Crippen LogP contribution in [0.15, 0.2) is 36.7 Å². The molecule has 20 heavy (non-hydrogen) atoms. The third-order valence-corrected chi connectivity index (χ3v) is 3.65. The van der Waals surface area contributed by atoms with Crippen LogP contribution in [0.1, 0.15) is 24.2 Å². The average molecular weight is 294 g/mol. The van der Waals surface area contributed by atoms with Crippen LogP contribution in [0.5, 0.6) is 0 Å². The molecule has 1 unspecified atom stereocenters. The molecule has 1 aromatic carbocycles. The van der Waals surface area contributed by atoms with Gasteiger partial charge in [-0.25, -0.2) is 0 Å². The Bertz CT molecular complexity index is 556. The van der Waals surface area contributed by atoms with Gasteiger partial charge in [0.15, 0.2) is 0 Å². The van der Waals surface area contributed by atoms with Crippen LogP contribution in [-0.4, -0.2) is 32.9 Å². The summed E-state index contributed by atoms with van der Waals surface area (Å²) < 4.78 is 1.79. The van der Waals surface area contributed by atoms with Gasteiger partial charge >= 0.3 is 0 Å². The lowest BCUT2D eigenvalue weighted by molar-refractivity contribution is 0.112. The van der Waals surface area contributed by atoms with Gasteiger partial charge in [-0.15, -0.1) is 0 Å². The molecule has 2 rings (SSSR count). The molecule has 0 saturated carbocycles. The Morgan fingerprint density at radius 1 is 1.40 bits per heavy atom. The minimum Gasteiger partial charge on any atom is -0.387 e. The normalized spacial score (nSPS) is 12.8. The Morgan fingerprint density at radius 3 is 2.75 bits per heavy atom. The molecule has 0 bridgehead atoms. The van der Waals surface area contributed by atoms with Gasteiger partial charge in [0.1, 0.15) is 0 Å². The van der Waals surface area contributed by atoms with Crippen molar-refractivity contribution in [3.63, 3.8) is 0 Å². The van der Waals surface area contributed by atoms with Crippen molar-refractivity contribution in [3.8, 4) is 0 Å². The summed E-state index contributed by atoms with van der Waals surface area (Å²) in [6.45, 7) is 4.26. The summed E-state index contributed by atoms with van der Waals surface area (Å²) in [5.41, 5.74) is 1.92. The predicted octanol–water partition coefficient (Wildman–Crippen LogP) is 2.63. The lowest BCUT2D eigenvalue weighted by Crippen LogP contribution is -2.28. The molecule has 2 aromatic rings. The summed E-state index contributed by atoms with van der Waals surface area (Å²) in [6.07, 6.45) is 3.26. The molecule has 5 heteroatoms. The molecule has 0 spiro atoms. The monoisotopic (exact) mass is 293 g/mol. The first-order valence-corrected chi connectivity index (χ1v) is 7.10. The van der Waals surface area contributed by atoms with E-state index in [2.05, 4.69) is 16.9 Å². The molecule has 108 valence electrons. The second kappa shape index (κ2) is 6.88. The van der Waals surface area contributed by atoms with Gasteiger partial charge in [0, 0.05) is 42.5 Å². The first-order chi connectivity index (χ1) is 9.60. The summed E-state index contributed by atoms with van der Waals surface area (Å²) in [5.74, 6) is 0. The molecule has 0 amide bonds. The van der Waals surface area contributed by atoms with Crippen molar-refractivity contribution >= 4 is 11.6 Å². The van der Waals surface area contributed by atoms with E-state index in [-0.39, 0.29) is 0 Å². The summed E-state index contributed by atoms with van der Waals surface area (Å²) in [7, 11) is 1.90. The number of hydrogen-bond acceptors (Lipinski definition) is 3. The van der Waals surface area contributed by atoms with Gasteiger partial charge in [0.05, 0.1) is 12.3 Å². The quantitative estimate of drug-likeness (QED) is 0.890. The van der Waals surface area contributed by atoms with E-state index in [1.807, 2.05) is 37.6 Å². The minimum atomic E-state index is -0.583. The third-order valence-electron chi connectivity index (χ3n) is 3.31. The Morgan fingerprint density at radius 2 is 2.15 bits per heavy atom. The molecule has 0 saturated heterocycles. The topological polar surface area (TPSA) is 41.3 Å². The third kappa shape index (κ3) is 3.82. The van der Waals surface area contributed by atoms with Gasteiger partial charge < -0.3 is 5.11 Å². The Hall–Kier alpha value is -1.36. The SMILES string of the molecule is CCN(Cc1cnn(C)c1)CC(O)c1ccccc1Cl. The van der Waals surface area contributed by atoms with Crippen LogP contribution in [0.3, 0.4) is 0 Å². The first kappa shape index (κ1) is 15.0. The van der Waals surface area contributed by atoms with Gasteiger partial charge in [-0.2, -0.15) is 5.10 Å². The summed E-state index contributed by atoms with van der Waals surface area (Å²) in [4.78, 5) is 2.17. The number of aliphatic hydroxyl groups is 1. The number of aliphatic hydroxyl groups excluding tert-OH is 1. The maximum atomic E-state index is 10.3. The highest BCUT2D eigenvalue weighted by atomic mass is 35.5. The molecule has 1 heterocycles. The number of aromatic nitrogens is 2. The maximum absolute atomic E-state index is 10.3. The van der Waals surface area contributed by atoms with Crippen molar-refractivity contribution in [3.05, 3.63) is 52.8 Å². The van der Waals surface area contributed by atoms with Gasteiger partial charge in [-0.3, -0.25) is 9.58 Å². The highest BCUT2D eigenvalue weighted by molar-refractivity contribution is 6.31. The number of nitrogens with zero attached hydrogens (tertiary/aromatic N) is 3. The van der Waals surface area contributed by atoms with E-state index in [4.69, 9.17) is 11.6 Å². The van der Waals surface area contributed by atoms with E-state index < -0.39 is 6.10 Å². The fourth-order valence-electron chi connectivity index (χ4n) is 2.21. The van der Waals surface area contributed by atoms with Gasteiger partial charge in [-0.05, 0) is 12.6 Å². The lowest BCUT2D eigenvalue weighted by Gasteiger charge is -2.23. The zero-order valence-electron chi connectivity index (χ0n) is 11.8. The number of halogens is 1. The van der Waals surface area contributed by atoms with Gasteiger partial charge in [0.25, 0.3) is 0 Å². The fourth-order valence-corrected chi connectivity index (χ4v) is 2.47. The van der Waals surface area contributed by atoms with E-state index in [1.54, 1.807) is 10.7 Å². The molecule has 0 aliphatic heterocycles. The summed E-state index contributed by atoms with van der Waals surface area (Å²) in [5, 5.41) is 15.1. The van der Waals surface area contributed by atoms with Crippen LogP contribution in [0.4, 0.5) is 0 Å². The van der Waals surface area contributed by atoms with E-state index in [0.29, 0.717) is 11.6 Å². The van der Waals surface area contributed by atoms with Crippen molar-refractivity contribution in [1.29, 1.82) is 0 Å². The predicted molar refractivity (Wildman–Crippen MR) is 80.6 cm³/mol. The Kier molecular flexibility index (Phi) is 5.17. The lowest BCUT2D eigenvalue weighted by atomic mass is 10.1. The van der Waals surface area contributed by atoms with Gasteiger partial charge in [0.2, 0.25) is 0 Å². The average Bonchev–Trinajstić information content (AvgIpc) is 2.83. The fraction of sp³-hybridized carbons (Fsp3) is 0.400. The number of benzene rings is 1. The van der Waals surface area contributed by atoms with Crippen molar-refractivity contribution < 1.29 is 5.11 Å². The van der Waals surface area contributed by atoms with E-state index >= 15 is 0 Å². The Labute approximate surface area is 124 Å². The van der Waals surface area contributed by atoms with E-state index in [9.17, 15) is 5.11 Å². The molecule has 4 nitrogen and oxygen atoms in total. The minimum absolute atomic E-state index is 0.551. The highest BCUT2D eigenvalue weighted by Gasteiger charge is 2.15. The van der Waals surface area contributed by atoms with Crippen molar-refractivity contribution in [2.45, 2.75) is 19.6 Å².